The smallest absolute Gasteiger partial charge is 0.253 e. The van der Waals surface area contributed by atoms with Gasteiger partial charge in [0.25, 0.3) is 5.91 Å². The van der Waals surface area contributed by atoms with E-state index in [1.807, 2.05) is 78.9 Å². The lowest BCUT2D eigenvalue weighted by atomic mass is 10.0. The van der Waals surface area contributed by atoms with Crippen molar-refractivity contribution >= 4 is 5.91 Å². The van der Waals surface area contributed by atoms with Crippen molar-refractivity contribution in [1.29, 1.82) is 0 Å². The van der Waals surface area contributed by atoms with Crippen LogP contribution in [0, 0.1) is 0 Å². The molecule has 5 rings (SSSR count). The van der Waals surface area contributed by atoms with Gasteiger partial charge in [0.05, 0.1) is 12.6 Å². The summed E-state index contributed by atoms with van der Waals surface area (Å²) in [5.41, 5.74) is 2.79. The number of ether oxygens (including phenoxy) is 2. The first kappa shape index (κ1) is 23.4. The molecule has 0 saturated carbocycles. The lowest BCUT2D eigenvalue weighted by molar-refractivity contribution is 0.0521. The number of aliphatic hydroxyl groups excluding tert-OH is 1. The van der Waals surface area contributed by atoms with Gasteiger partial charge in [-0.15, -0.1) is 0 Å². The van der Waals surface area contributed by atoms with Gasteiger partial charge >= 0.3 is 0 Å². The van der Waals surface area contributed by atoms with Crippen molar-refractivity contribution in [3.63, 3.8) is 0 Å². The summed E-state index contributed by atoms with van der Waals surface area (Å²) in [6, 6.07) is 25.6. The van der Waals surface area contributed by atoms with E-state index in [1.165, 1.54) is 5.56 Å². The van der Waals surface area contributed by atoms with E-state index in [4.69, 9.17) is 9.47 Å². The highest BCUT2D eigenvalue weighted by molar-refractivity contribution is 5.94. The summed E-state index contributed by atoms with van der Waals surface area (Å²) >= 11 is 0. The van der Waals surface area contributed by atoms with Crippen LogP contribution in [-0.4, -0.2) is 54.3 Å². The Balaban J connectivity index is 1.12. The van der Waals surface area contributed by atoms with Gasteiger partial charge in [-0.2, -0.15) is 0 Å². The zero-order chi connectivity index (χ0) is 24.2. The normalized spacial score (nSPS) is 21.9. The molecule has 0 spiro atoms. The maximum atomic E-state index is 13.0. The van der Waals surface area contributed by atoms with Gasteiger partial charge in [-0.1, -0.05) is 54.6 Å². The van der Waals surface area contributed by atoms with Crippen LogP contribution in [0.2, 0.25) is 0 Å². The van der Waals surface area contributed by atoms with Gasteiger partial charge in [0.1, 0.15) is 6.61 Å². The molecule has 0 radical (unpaired) electrons. The predicted octanol–water partition coefficient (Wildman–Crippen LogP) is 4.00. The van der Waals surface area contributed by atoms with Crippen LogP contribution < -0.4 is 14.8 Å². The second-order valence-corrected chi connectivity index (χ2v) is 9.49. The summed E-state index contributed by atoms with van der Waals surface area (Å²) in [6.45, 7) is 0.869. The zero-order valence-electron chi connectivity index (χ0n) is 20.0. The number of nitrogens with one attached hydrogen (secondary N) is 1. The van der Waals surface area contributed by atoms with Crippen molar-refractivity contribution in [2.24, 2.45) is 0 Å². The largest absolute Gasteiger partial charge is 0.486 e. The molecule has 3 aromatic rings. The van der Waals surface area contributed by atoms with Crippen molar-refractivity contribution in [2.45, 2.75) is 43.6 Å². The average Bonchev–Trinajstić information content (AvgIpc) is 3.37. The Hall–Kier alpha value is -3.35. The Bertz CT molecular complexity index is 1130. The number of rotatable bonds is 7. The summed E-state index contributed by atoms with van der Waals surface area (Å²) in [4.78, 5) is 14.6. The molecule has 2 aliphatic rings. The summed E-state index contributed by atoms with van der Waals surface area (Å²) < 4.78 is 11.8. The van der Waals surface area contributed by atoms with Crippen LogP contribution in [0.15, 0.2) is 78.9 Å². The number of nitrogens with zero attached hydrogens (tertiary/aromatic N) is 1. The Morgan fingerprint density at radius 3 is 2.49 bits per heavy atom. The minimum Gasteiger partial charge on any atom is -0.486 e. The van der Waals surface area contributed by atoms with E-state index in [0.717, 1.165) is 30.6 Å². The molecule has 1 amide bonds. The number of carbonyl (C=O) groups is 1. The molecule has 2 N–H and O–H groups in total. The minimum atomic E-state index is -0.497. The molecule has 1 saturated heterocycles. The minimum absolute atomic E-state index is 0.0379. The van der Waals surface area contributed by atoms with Crippen molar-refractivity contribution < 1.29 is 19.4 Å². The number of likely N-dealkylation sites (N-methyl/N-ethyl adjacent to an activating group) is 1. The highest BCUT2D eigenvalue weighted by atomic mass is 16.6. The molecular weight excluding hydrogens is 440 g/mol. The van der Waals surface area contributed by atoms with Crippen LogP contribution in [0.25, 0.3) is 0 Å². The maximum Gasteiger partial charge on any atom is 0.253 e. The zero-order valence-corrected chi connectivity index (χ0v) is 20.0. The first-order valence-electron chi connectivity index (χ1n) is 12.3. The van der Waals surface area contributed by atoms with Crippen LogP contribution in [0.5, 0.6) is 11.5 Å². The molecule has 1 unspecified atom stereocenters. The van der Waals surface area contributed by atoms with E-state index in [0.29, 0.717) is 30.5 Å². The monoisotopic (exact) mass is 472 g/mol. The molecule has 6 heteroatoms. The molecule has 1 fully saturated rings. The molecule has 4 atom stereocenters. The summed E-state index contributed by atoms with van der Waals surface area (Å²) in [5, 5.41) is 14.3. The standard InChI is InChI=1S/C29H32N2O4/c1-31(18-24-19-34-26-9-5-6-10-27(26)35-24)29(33)22-13-11-20(12-14-22)17-23-15-16-25(30-23)28(32)21-7-3-2-4-8-21/h2-14,23-25,28,30,32H,15-19H2,1H3/t23-,24?,25+,28+/m0/s1. The molecule has 182 valence electrons. The van der Waals surface area contributed by atoms with E-state index >= 15 is 0 Å². The van der Waals surface area contributed by atoms with Crippen LogP contribution >= 0.6 is 0 Å². The SMILES string of the molecule is CN(CC1COc2ccccc2O1)C(=O)c1ccc(C[C@@H]2CC[C@H]([C@H](O)c3ccccc3)N2)cc1. The molecule has 2 heterocycles. The highest BCUT2D eigenvalue weighted by Crippen LogP contribution is 2.31. The van der Waals surface area contributed by atoms with E-state index < -0.39 is 6.10 Å². The first-order valence-corrected chi connectivity index (χ1v) is 12.3. The van der Waals surface area contributed by atoms with Crippen molar-refractivity contribution in [1.82, 2.24) is 10.2 Å². The van der Waals surface area contributed by atoms with E-state index in [1.54, 1.807) is 11.9 Å². The molecule has 0 aromatic heterocycles. The molecule has 3 aromatic carbocycles. The Morgan fingerprint density at radius 2 is 1.71 bits per heavy atom. The summed E-state index contributed by atoms with van der Waals surface area (Å²) in [5.74, 6) is 1.42. The lowest BCUT2D eigenvalue weighted by Crippen LogP contribution is -2.41. The molecule has 0 aliphatic carbocycles. The third-order valence-electron chi connectivity index (χ3n) is 6.87. The highest BCUT2D eigenvalue weighted by Gasteiger charge is 2.30. The van der Waals surface area contributed by atoms with Crippen LogP contribution in [0.4, 0.5) is 0 Å². The maximum absolute atomic E-state index is 13.0. The Morgan fingerprint density at radius 1 is 1.00 bits per heavy atom. The first-order chi connectivity index (χ1) is 17.1. The molecule has 6 nitrogen and oxygen atoms in total. The lowest BCUT2D eigenvalue weighted by Gasteiger charge is -2.29. The third kappa shape index (κ3) is 5.50. The number of carbonyl (C=O) groups excluding carboxylic acids is 1. The van der Waals surface area contributed by atoms with Gasteiger partial charge < -0.3 is 24.8 Å². The number of benzene rings is 3. The number of fused-ring (bicyclic) bond motifs is 1. The predicted molar refractivity (Wildman–Crippen MR) is 135 cm³/mol. The molecule has 2 aliphatic heterocycles. The van der Waals surface area contributed by atoms with Gasteiger partial charge in [-0.3, -0.25) is 4.79 Å². The van der Waals surface area contributed by atoms with Gasteiger partial charge in [-0.25, -0.2) is 0 Å². The van der Waals surface area contributed by atoms with Crippen molar-refractivity contribution in [3.8, 4) is 11.5 Å². The molecular formula is C29H32N2O4. The van der Waals surface area contributed by atoms with E-state index in [9.17, 15) is 9.90 Å². The summed E-state index contributed by atoms with van der Waals surface area (Å²) in [6.07, 6.45) is 2.13. The second-order valence-electron chi connectivity index (χ2n) is 9.49. The van der Waals surface area contributed by atoms with Gasteiger partial charge in [0.15, 0.2) is 17.6 Å². The number of amides is 1. The Kier molecular flexibility index (Phi) is 7.02. The van der Waals surface area contributed by atoms with E-state index in [-0.39, 0.29) is 18.1 Å². The van der Waals surface area contributed by atoms with Crippen LogP contribution in [0.1, 0.15) is 40.4 Å². The van der Waals surface area contributed by atoms with Gasteiger partial charge in [0.2, 0.25) is 0 Å². The number of aliphatic hydroxyl groups is 1. The van der Waals surface area contributed by atoms with Gasteiger partial charge in [-0.05, 0) is 54.7 Å². The topological polar surface area (TPSA) is 71.0 Å². The number of para-hydroxylation sites is 2. The quantitative estimate of drug-likeness (QED) is 0.544. The Labute approximate surface area is 206 Å². The number of hydrogen-bond acceptors (Lipinski definition) is 5. The third-order valence-corrected chi connectivity index (χ3v) is 6.87. The molecule has 35 heavy (non-hydrogen) atoms. The van der Waals surface area contributed by atoms with Gasteiger partial charge in [0, 0.05) is 24.7 Å². The number of hydrogen-bond donors (Lipinski definition) is 2. The fraction of sp³-hybridized carbons (Fsp3) is 0.345. The van der Waals surface area contributed by atoms with E-state index in [2.05, 4.69) is 5.32 Å². The second kappa shape index (κ2) is 10.5. The van der Waals surface area contributed by atoms with Crippen molar-refractivity contribution in [3.05, 3.63) is 95.6 Å². The summed E-state index contributed by atoms with van der Waals surface area (Å²) in [7, 11) is 1.79. The van der Waals surface area contributed by atoms with Crippen molar-refractivity contribution in [2.75, 3.05) is 20.2 Å². The van der Waals surface area contributed by atoms with Crippen LogP contribution in [0.3, 0.4) is 0 Å². The van der Waals surface area contributed by atoms with Crippen LogP contribution in [-0.2, 0) is 6.42 Å². The fourth-order valence-electron chi connectivity index (χ4n) is 4.97. The molecule has 0 bridgehead atoms. The fourth-order valence-corrected chi connectivity index (χ4v) is 4.97. The average molecular weight is 473 g/mol.